The lowest BCUT2D eigenvalue weighted by atomic mass is 10.1. The van der Waals surface area contributed by atoms with Gasteiger partial charge in [-0.05, 0) is 31.0 Å². The predicted octanol–water partition coefficient (Wildman–Crippen LogP) is 3.32. The zero-order valence-electron chi connectivity index (χ0n) is 13.8. The van der Waals surface area contributed by atoms with Gasteiger partial charge in [0.2, 0.25) is 0 Å². The van der Waals surface area contributed by atoms with Crippen LogP contribution in [0, 0.1) is 5.92 Å². The molecule has 1 atom stereocenters. The van der Waals surface area contributed by atoms with E-state index in [2.05, 4.69) is 60.8 Å². The molecule has 0 aliphatic heterocycles. The molecule has 0 saturated heterocycles. The molecule has 2 heterocycles. The lowest BCUT2D eigenvalue weighted by Crippen LogP contribution is -2.26. The van der Waals surface area contributed by atoms with E-state index in [1.165, 1.54) is 12.1 Å². The first kappa shape index (κ1) is 15.8. The highest BCUT2D eigenvalue weighted by atomic mass is 15.2. The molecule has 0 spiro atoms. The monoisotopic (exact) mass is 288 g/mol. The Labute approximate surface area is 128 Å². The van der Waals surface area contributed by atoms with E-state index in [0.717, 1.165) is 37.5 Å². The van der Waals surface area contributed by atoms with Crippen LogP contribution in [0.4, 0.5) is 5.82 Å². The zero-order valence-corrected chi connectivity index (χ0v) is 13.8. The quantitative estimate of drug-likeness (QED) is 0.756. The summed E-state index contributed by atoms with van der Waals surface area (Å²) in [6.07, 6.45) is 4.45. The Hall–Kier alpha value is -1.55. The van der Waals surface area contributed by atoms with Crippen LogP contribution in [0.25, 0.3) is 5.65 Å². The first-order valence-electron chi connectivity index (χ1n) is 8.05. The number of nitrogens with one attached hydrogen (secondary N) is 1. The van der Waals surface area contributed by atoms with Crippen LogP contribution in [0.5, 0.6) is 0 Å². The van der Waals surface area contributed by atoms with Crippen molar-refractivity contribution in [3.8, 4) is 0 Å². The molecule has 0 fully saturated rings. The molecule has 0 amide bonds. The second-order valence-electron chi connectivity index (χ2n) is 5.88. The van der Waals surface area contributed by atoms with Crippen LogP contribution in [0.15, 0.2) is 24.4 Å². The third-order valence-corrected chi connectivity index (χ3v) is 3.97. The minimum Gasteiger partial charge on any atom is -0.358 e. The van der Waals surface area contributed by atoms with E-state index in [-0.39, 0.29) is 0 Å². The van der Waals surface area contributed by atoms with Crippen molar-refractivity contribution in [2.24, 2.45) is 5.92 Å². The van der Waals surface area contributed by atoms with Gasteiger partial charge in [0.25, 0.3) is 0 Å². The highest BCUT2D eigenvalue weighted by Crippen LogP contribution is 2.22. The van der Waals surface area contributed by atoms with Crippen LogP contribution in [-0.2, 0) is 6.54 Å². The SMILES string of the molecule is CCCNCc1c(N(C)CC(C)CC)nc2ccccn12. The predicted molar refractivity (Wildman–Crippen MR) is 89.9 cm³/mol. The molecule has 0 saturated carbocycles. The van der Waals surface area contributed by atoms with Crippen LogP contribution in [0.2, 0.25) is 0 Å². The summed E-state index contributed by atoms with van der Waals surface area (Å²) < 4.78 is 2.20. The van der Waals surface area contributed by atoms with Crippen LogP contribution in [0.3, 0.4) is 0 Å². The summed E-state index contributed by atoms with van der Waals surface area (Å²) in [6, 6.07) is 6.18. The fourth-order valence-electron chi connectivity index (χ4n) is 2.57. The number of rotatable bonds is 8. The first-order chi connectivity index (χ1) is 10.2. The second-order valence-corrected chi connectivity index (χ2v) is 5.88. The van der Waals surface area contributed by atoms with Crippen molar-refractivity contribution in [2.75, 3.05) is 25.0 Å². The van der Waals surface area contributed by atoms with Gasteiger partial charge in [-0.2, -0.15) is 0 Å². The standard InChI is InChI=1S/C17H28N4/c1-5-10-18-12-15-17(20(4)13-14(3)6-2)19-16-9-7-8-11-21(15)16/h7-9,11,14,18H,5-6,10,12-13H2,1-4H3. The fourth-order valence-corrected chi connectivity index (χ4v) is 2.57. The molecule has 2 aromatic heterocycles. The second kappa shape index (κ2) is 7.46. The molecule has 1 N–H and O–H groups in total. The molecular formula is C17H28N4. The van der Waals surface area contributed by atoms with E-state index < -0.39 is 0 Å². The van der Waals surface area contributed by atoms with E-state index in [1.54, 1.807) is 0 Å². The van der Waals surface area contributed by atoms with Gasteiger partial charge in [-0.25, -0.2) is 4.98 Å². The Morgan fingerprint density at radius 2 is 2.14 bits per heavy atom. The van der Waals surface area contributed by atoms with Crippen LogP contribution in [0.1, 0.15) is 39.3 Å². The fraction of sp³-hybridized carbons (Fsp3) is 0.588. The van der Waals surface area contributed by atoms with Crippen molar-refractivity contribution >= 4 is 11.5 Å². The van der Waals surface area contributed by atoms with Crippen LogP contribution >= 0.6 is 0 Å². The van der Waals surface area contributed by atoms with Crippen LogP contribution in [-0.4, -0.2) is 29.5 Å². The van der Waals surface area contributed by atoms with Gasteiger partial charge >= 0.3 is 0 Å². The molecule has 0 bridgehead atoms. The Morgan fingerprint density at radius 3 is 2.86 bits per heavy atom. The molecule has 0 radical (unpaired) electrons. The average molecular weight is 288 g/mol. The minimum atomic E-state index is 0.677. The molecule has 0 aliphatic rings. The number of fused-ring (bicyclic) bond motifs is 1. The highest BCUT2D eigenvalue weighted by Gasteiger charge is 2.16. The number of hydrogen-bond acceptors (Lipinski definition) is 3. The molecule has 21 heavy (non-hydrogen) atoms. The number of aromatic nitrogens is 2. The molecular weight excluding hydrogens is 260 g/mol. The summed E-state index contributed by atoms with van der Waals surface area (Å²) in [5, 5.41) is 3.50. The van der Waals surface area contributed by atoms with Gasteiger partial charge in [0.1, 0.15) is 5.65 Å². The van der Waals surface area contributed by atoms with Gasteiger partial charge in [0.15, 0.2) is 5.82 Å². The van der Waals surface area contributed by atoms with E-state index >= 15 is 0 Å². The molecule has 2 rings (SSSR count). The maximum atomic E-state index is 4.83. The molecule has 2 aromatic rings. The van der Waals surface area contributed by atoms with E-state index in [1.807, 2.05) is 6.07 Å². The largest absolute Gasteiger partial charge is 0.358 e. The van der Waals surface area contributed by atoms with Gasteiger partial charge < -0.3 is 14.6 Å². The average Bonchev–Trinajstić information content (AvgIpc) is 2.86. The van der Waals surface area contributed by atoms with E-state index in [0.29, 0.717) is 5.92 Å². The van der Waals surface area contributed by atoms with Gasteiger partial charge in [0.05, 0.1) is 5.69 Å². The minimum absolute atomic E-state index is 0.677. The van der Waals surface area contributed by atoms with Gasteiger partial charge in [-0.3, -0.25) is 0 Å². The van der Waals surface area contributed by atoms with E-state index in [4.69, 9.17) is 4.98 Å². The number of imidazole rings is 1. The maximum absolute atomic E-state index is 4.83. The van der Waals surface area contributed by atoms with Crippen molar-refractivity contribution in [1.29, 1.82) is 0 Å². The van der Waals surface area contributed by atoms with Crippen molar-refractivity contribution in [1.82, 2.24) is 14.7 Å². The summed E-state index contributed by atoms with van der Waals surface area (Å²) in [5.74, 6) is 1.78. The smallest absolute Gasteiger partial charge is 0.152 e. The summed E-state index contributed by atoms with van der Waals surface area (Å²) in [5.41, 5.74) is 2.28. The van der Waals surface area contributed by atoms with Crippen molar-refractivity contribution < 1.29 is 0 Å². The summed E-state index contributed by atoms with van der Waals surface area (Å²) in [4.78, 5) is 7.12. The van der Waals surface area contributed by atoms with Crippen molar-refractivity contribution in [2.45, 2.75) is 40.2 Å². The Kier molecular flexibility index (Phi) is 5.62. The van der Waals surface area contributed by atoms with Crippen molar-refractivity contribution in [3.05, 3.63) is 30.1 Å². The Morgan fingerprint density at radius 1 is 1.33 bits per heavy atom. The topological polar surface area (TPSA) is 32.6 Å². The summed E-state index contributed by atoms with van der Waals surface area (Å²) in [7, 11) is 2.15. The maximum Gasteiger partial charge on any atom is 0.152 e. The van der Waals surface area contributed by atoms with Gasteiger partial charge in [-0.15, -0.1) is 0 Å². The third-order valence-electron chi connectivity index (χ3n) is 3.97. The normalized spacial score (nSPS) is 12.8. The molecule has 116 valence electrons. The lowest BCUT2D eigenvalue weighted by molar-refractivity contribution is 0.556. The molecule has 0 aromatic carbocycles. The summed E-state index contributed by atoms with van der Waals surface area (Å²) in [6.45, 7) is 9.67. The van der Waals surface area contributed by atoms with Gasteiger partial charge in [0, 0.05) is 26.3 Å². The molecule has 4 heteroatoms. The number of hydrogen-bond donors (Lipinski definition) is 1. The van der Waals surface area contributed by atoms with E-state index in [9.17, 15) is 0 Å². The molecule has 0 aliphatic carbocycles. The lowest BCUT2D eigenvalue weighted by Gasteiger charge is -2.22. The zero-order chi connectivity index (χ0) is 15.2. The third kappa shape index (κ3) is 3.76. The Bertz CT molecular complexity index is 561. The molecule has 1 unspecified atom stereocenters. The molecule has 4 nitrogen and oxygen atoms in total. The van der Waals surface area contributed by atoms with Gasteiger partial charge in [-0.1, -0.05) is 33.3 Å². The number of nitrogens with zero attached hydrogens (tertiary/aromatic N) is 3. The highest BCUT2D eigenvalue weighted by molar-refractivity contribution is 5.55. The van der Waals surface area contributed by atoms with Crippen molar-refractivity contribution in [3.63, 3.8) is 0 Å². The first-order valence-corrected chi connectivity index (χ1v) is 8.05. The number of pyridine rings is 1. The Balaban J connectivity index is 2.29. The van der Waals surface area contributed by atoms with Crippen LogP contribution < -0.4 is 10.2 Å². The number of anilines is 1. The summed E-state index contributed by atoms with van der Waals surface area (Å²) >= 11 is 0.